The van der Waals surface area contributed by atoms with Crippen LogP contribution in [0.25, 0.3) is 10.9 Å². The number of aromatic nitrogens is 2. The second-order valence-electron chi connectivity index (χ2n) is 5.73. The van der Waals surface area contributed by atoms with Crippen molar-refractivity contribution in [3.63, 3.8) is 0 Å². The van der Waals surface area contributed by atoms with E-state index < -0.39 is 0 Å². The fourth-order valence-corrected chi connectivity index (χ4v) is 2.52. The number of nitrogens with zero attached hydrogens (tertiary/aromatic N) is 2. The highest BCUT2D eigenvalue weighted by Gasteiger charge is 2.08. The number of para-hydroxylation sites is 1. The smallest absolute Gasteiger partial charge is 0.229 e. The van der Waals surface area contributed by atoms with E-state index in [-0.39, 0.29) is 5.91 Å². The highest BCUT2D eigenvalue weighted by Crippen LogP contribution is 2.24. The lowest BCUT2D eigenvalue weighted by Crippen LogP contribution is -2.07. The van der Waals surface area contributed by atoms with E-state index in [0.717, 1.165) is 41.1 Å². The van der Waals surface area contributed by atoms with Crippen molar-refractivity contribution in [2.45, 2.75) is 20.3 Å². The van der Waals surface area contributed by atoms with Crippen molar-refractivity contribution in [2.75, 3.05) is 22.5 Å². The number of fused-ring (bicyclic) bond motifs is 1. The van der Waals surface area contributed by atoms with Gasteiger partial charge in [0.1, 0.15) is 5.82 Å². The normalized spacial score (nSPS) is 10.5. The Kier molecular flexibility index (Phi) is 5.09. The molecule has 0 unspecified atom stereocenters. The summed E-state index contributed by atoms with van der Waals surface area (Å²) in [7, 11) is 0. The summed E-state index contributed by atoms with van der Waals surface area (Å²) >= 11 is 0. The van der Waals surface area contributed by atoms with Crippen molar-refractivity contribution in [1.82, 2.24) is 9.97 Å². The van der Waals surface area contributed by atoms with Crippen LogP contribution < -0.4 is 16.0 Å². The van der Waals surface area contributed by atoms with E-state index in [1.807, 2.05) is 48.5 Å². The summed E-state index contributed by atoms with van der Waals surface area (Å²) in [5.41, 5.74) is 2.40. The molecule has 1 aromatic heterocycles. The summed E-state index contributed by atoms with van der Waals surface area (Å²) in [6, 6.07) is 15.4. The zero-order chi connectivity index (χ0) is 17.6. The van der Waals surface area contributed by atoms with Gasteiger partial charge in [0, 0.05) is 30.2 Å². The first kappa shape index (κ1) is 16.7. The lowest BCUT2D eigenvalue weighted by atomic mass is 10.2. The van der Waals surface area contributed by atoms with Gasteiger partial charge in [-0.15, -0.1) is 0 Å². The number of benzene rings is 2. The Hall–Kier alpha value is -3.15. The third kappa shape index (κ3) is 4.23. The van der Waals surface area contributed by atoms with Gasteiger partial charge in [0.05, 0.1) is 5.52 Å². The van der Waals surface area contributed by atoms with E-state index >= 15 is 0 Å². The third-order valence-electron chi connectivity index (χ3n) is 3.58. The van der Waals surface area contributed by atoms with Crippen LogP contribution in [-0.4, -0.2) is 22.4 Å². The first-order valence-electron chi connectivity index (χ1n) is 8.31. The second-order valence-corrected chi connectivity index (χ2v) is 5.73. The molecule has 128 valence electrons. The van der Waals surface area contributed by atoms with Crippen LogP contribution in [0.4, 0.5) is 23.1 Å². The maximum Gasteiger partial charge on any atom is 0.229 e. The van der Waals surface area contributed by atoms with Gasteiger partial charge in [-0.2, -0.15) is 4.98 Å². The van der Waals surface area contributed by atoms with Crippen LogP contribution in [0.1, 0.15) is 20.3 Å². The van der Waals surface area contributed by atoms with Gasteiger partial charge in [-0.25, -0.2) is 4.98 Å². The van der Waals surface area contributed by atoms with Crippen molar-refractivity contribution < 1.29 is 4.79 Å². The summed E-state index contributed by atoms with van der Waals surface area (Å²) in [6.45, 7) is 4.44. The highest BCUT2D eigenvalue weighted by atomic mass is 16.1. The van der Waals surface area contributed by atoms with E-state index in [2.05, 4.69) is 32.8 Å². The van der Waals surface area contributed by atoms with E-state index in [1.54, 1.807) is 0 Å². The number of hydrogen-bond acceptors (Lipinski definition) is 5. The van der Waals surface area contributed by atoms with Gasteiger partial charge < -0.3 is 16.0 Å². The van der Waals surface area contributed by atoms with Crippen LogP contribution in [0.2, 0.25) is 0 Å². The van der Waals surface area contributed by atoms with Crippen LogP contribution in [0.3, 0.4) is 0 Å². The molecule has 6 nitrogen and oxygen atoms in total. The third-order valence-corrected chi connectivity index (χ3v) is 3.58. The van der Waals surface area contributed by atoms with Gasteiger partial charge in [-0.1, -0.05) is 25.1 Å². The lowest BCUT2D eigenvalue weighted by Gasteiger charge is -2.12. The van der Waals surface area contributed by atoms with Crippen LogP contribution in [0.5, 0.6) is 0 Å². The second kappa shape index (κ2) is 7.61. The summed E-state index contributed by atoms with van der Waals surface area (Å²) in [5, 5.41) is 10.3. The number of nitrogens with one attached hydrogen (secondary N) is 3. The quantitative estimate of drug-likeness (QED) is 0.630. The fraction of sp³-hybridized carbons (Fsp3) is 0.211. The number of hydrogen-bond donors (Lipinski definition) is 3. The minimum Gasteiger partial charge on any atom is -0.369 e. The predicted molar refractivity (Wildman–Crippen MR) is 102 cm³/mol. The molecular formula is C19H21N5O. The molecule has 0 bridgehead atoms. The van der Waals surface area contributed by atoms with Crippen LogP contribution in [0.15, 0.2) is 48.5 Å². The molecule has 0 fully saturated rings. The molecule has 0 aliphatic rings. The number of amides is 1. The van der Waals surface area contributed by atoms with E-state index in [1.165, 1.54) is 6.92 Å². The summed E-state index contributed by atoms with van der Waals surface area (Å²) in [5.74, 6) is 1.22. The predicted octanol–water partition coefficient (Wildman–Crippen LogP) is 4.15. The van der Waals surface area contributed by atoms with Gasteiger partial charge in [-0.05, 0) is 36.8 Å². The number of carbonyl (C=O) groups excluding carboxylic acids is 1. The van der Waals surface area contributed by atoms with E-state index in [4.69, 9.17) is 0 Å². The SMILES string of the molecule is CCCNc1nc(Nc2cccc(NC(C)=O)c2)nc2ccccc12. The number of anilines is 4. The first-order valence-corrected chi connectivity index (χ1v) is 8.31. The number of rotatable bonds is 6. The van der Waals surface area contributed by atoms with Gasteiger partial charge >= 0.3 is 0 Å². The standard InChI is InChI=1S/C19H21N5O/c1-3-11-20-18-16-9-4-5-10-17(16)23-19(24-18)22-15-8-6-7-14(12-15)21-13(2)25/h4-10,12H,3,11H2,1-2H3,(H,21,25)(H2,20,22,23,24). The molecule has 25 heavy (non-hydrogen) atoms. The van der Waals surface area contributed by atoms with Gasteiger partial charge in [0.15, 0.2) is 0 Å². The topological polar surface area (TPSA) is 78.9 Å². The van der Waals surface area contributed by atoms with Crippen molar-refractivity contribution in [1.29, 1.82) is 0 Å². The monoisotopic (exact) mass is 335 g/mol. The summed E-state index contributed by atoms with van der Waals surface area (Å²) < 4.78 is 0. The van der Waals surface area contributed by atoms with Crippen molar-refractivity contribution >= 4 is 40.0 Å². The van der Waals surface area contributed by atoms with Gasteiger partial charge in [0.2, 0.25) is 11.9 Å². The van der Waals surface area contributed by atoms with Crippen LogP contribution >= 0.6 is 0 Å². The molecule has 1 heterocycles. The Morgan fingerprint density at radius 2 is 1.84 bits per heavy atom. The number of carbonyl (C=O) groups is 1. The first-order chi connectivity index (χ1) is 12.2. The fourth-order valence-electron chi connectivity index (χ4n) is 2.52. The lowest BCUT2D eigenvalue weighted by molar-refractivity contribution is -0.114. The van der Waals surface area contributed by atoms with Crippen molar-refractivity contribution in [3.8, 4) is 0 Å². The maximum atomic E-state index is 11.2. The van der Waals surface area contributed by atoms with Crippen molar-refractivity contribution in [3.05, 3.63) is 48.5 Å². The molecule has 0 atom stereocenters. The van der Waals surface area contributed by atoms with Gasteiger partial charge in [0.25, 0.3) is 0 Å². The maximum absolute atomic E-state index is 11.2. The van der Waals surface area contributed by atoms with Crippen LogP contribution in [0, 0.1) is 0 Å². The summed E-state index contributed by atoms with van der Waals surface area (Å²) in [4.78, 5) is 20.4. The molecular weight excluding hydrogens is 314 g/mol. The Balaban J connectivity index is 1.92. The largest absolute Gasteiger partial charge is 0.369 e. The highest BCUT2D eigenvalue weighted by molar-refractivity contribution is 5.91. The Morgan fingerprint density at radius 3 is 2.64 bits per heavy atom. The average molecular weight is 335 g/mol. The minimum absolute atomic E-state index is 0.106. The Morgan fingerprint density at radius 1 is 1.04 bits per heavy atom. The molecule has 1 amide bonds. The molecule has 0 saturated heterocycles. The Labute approximate surface area is 146 Å². The molecule has 3 N–H and O–H groups in total. The summed E-state index contributed by atoms with van der Waals surface area (Å²) in [6.07, 6.45) is 1.01. The average Bonchev–Trinajstić information content (AvgIpc) is 2.59. The molecule has 0 spiro atoms. The minimum atomic E-state index is -0.106. The van der Waals surface area contributed by atoms with Gasteiger partial charge in [-0.3, -0.25) is 4.79 Å². The van der Waals surface area contributed by atoms with E-state index in [0.29, 0.717) is 5.95 Å². The zero-order valence-corrected chi connectivity index (χ0v) is 14.3. The molecule has 3 rings (SSSR count). The zero-order valence-electron chi connectivity index (χ0n) is 14.3. The van der Waals surface area contributed by atoms with E-state index in [9.17, 15) is 4.79 Å². The molecule has 3 aromatic rings. The van der Waals surface area contributed by atoms with Crippen molar-refractivity contribution in [2.24, 2.45) is 0 Å². The van der Waals surface area contributed by atoms with Crippen LogP contribution in [-0.2, 0) is 4.79 Å². The molecule has 6 heteroatoms. The molecule has 0 radical (unpaired) electrons. The Bertz CT molecular complexity index is 894. The molecule has 0 saturated carbocycles. The molecule has 0 aliphatic carbocycles. The molecule has 2 aromatic carbocycles. The molecule has 0 aliphatic heterocycles.